The monoisotopic (exact) mass is 267 g/mol. The number of nitrogens with one attached hydrogen (secondary N) is 1. The van der Waals surface area contributed by atoms with E-state index in [9.17, 15) is 4.39 Å². The fraction of sp³-hybridized carbons (Fsp3) is 0.286. The van der Waals surface area contributed by atoms with Crippen molar-refractivity contribution in [1.82, 2.24) is 5.32 Å². The summed E-state index contributed by atoms with van der Waals surface area (Å²) in [7, 11) is 0. The lowest BCUT2D eigenvalue weighted by atomic mass is 10.0. The van der Waals surface area contributed by atoms with Gasteiger partial charge in [-0.15, -0.1) is 0 Å². The third kappa shape index (κ3) is 2.92. The molecular formula is C14H15ClFNO. The van der Waals surface area contributed by atoms with Gasteiger partial charge in [-0.2, -0.15) is 0 Å². The topological polar surface area (TPSA) is 25.2 Å². The normalized spacial score (nSPS) is 12.6. The highest BCUT2D eigenvalue weighted by Crippen LogP contribution is 2.26. The van der Waals surface area contributed by atoms with Gasteiger partial charge >= 0.3 is 0 Å². The van der Waals surface area contributed by atoms with Gasteiger partial charge in [0, 0.05) is 5.56 Å². The van der Waals surface area contributed by atoms with Gasteiger partial charge in [0.2, 0.25) is 0 Å². The summed E-state index contributed by atoms with van der Waals surface area (Å²) in [6.07, 6.45) is 4.33. The molecule has 2 nitrogen and oxygen atoms in total. The smallest absolute Gasteiger partial charge is 0.141 e. The van der Waals surface area contributed by atoms with Gasteiger partial charge in [-0.3, -0.25) is 0 Å². The Morgan fingerprint density at radius 3 is 2.78 bits per heavy atom. The largest absolute Gasteiger partial charge is 0.472 e. The van der Waals surface area contributed by atoms with Crippen LogP contribution in [0.1, 0.15) is 30.5 Å². The van der Waals surface area contributed by atoms with E-state index in [1.54, 1.807) is 24.7 Å². The zero-order chi connectivity index (χ0) is 13.0. The molecule has 0 bridgehead atoms. The number of hydrogen-bond acceptors (Lipinski definition) is 2. The minimum atomic E-state index is -0.401. The molecule has 0 spiro atoms. The molecular weight excluding hydrogens is 253 g/mol. The van der Waals surface area contributed by atoms with Gasteiger partial charge in [-0.25, -0.2) is 4.39 Å². The van der Waals surface area contributed by atoms with Crippen LogP contribution in [0.2, 0.25) is 5.02 Å². The standard InChI is InChI=1S/C14H15ClFNO/c1-2-6-17-14(11-5-7-18-9-11)10-3-4-13(16)12(15)8-10/h3-5,7-9,14,17H,2,6H2,1H3. The minimum absolute atomic E-state index is 0.0261. The van der Waals surface area contributed by atoms with Gasteiger partial charge in [-0.05, 0) is 36.7 Å². The Balaban J connectivity index is 2.30. The number of furan rings is 1. The van der Waals surface area contributed by atoms with E-state index in [1.165, 1.54) is 6.07 Å². The molecule has 0 fully saturated rings. The Bertz CT molecular complexity index is 499. The Labute approximate surface area is 111 Å². The average Bonchev–Trinajstić information content (AvgIpc) is 2.88. The van der Waals surface area contributed by atoms with Crippen LogP contribution >= 0.6 is 11.6 Å². The van der Waals surface area contributed by atoms with Gasteiger partial charge in [0.25, 0.3) is 0 Å². The van der Waals surface area contributed by atoms with Crippen LogP contribution in [0.15, 0.2) is 41.2 Å². The Kier molecular flexibility index (Phi) is 4.39. The zero-order valence-corrected chi connectivity index (χ0v) is 10.9. The van der Waals surface area contributed by atoms with Crippen LogP contribution in [-0.2, 0) is 0 Å². The number of benzene rings is 1. The lowest BCUT2D eigenvalue weighted by Crippen LogP contribution is -2.22. The molecule has 0 aliphatic carbocycles. The van der Waals surface area contributed by atoms with E-state index in [2.05, 4.69) is 12.2 Å². The Morgan fingerprint density at radius 2 is 2.17 bits per heavy atom. The highest BCUT2D eigenvalue weighted by atomic mass is 35.5. The quantitative estimate of drug-likeness (QED) is 0.880. The van der Waals surface area contributed by atoms with Crippen LogP contribution in [0.5, 0.6) is 0 Å². The molecule has 0 amide bonds. The summed E-state index contributed by atoms with van der Waals surface area (Å²) in [5.41, 5.74) is 1.93. The summed E-state index contributed by atoms with van der Waals surface area (Å²) >= 11 is 5.83. The lowest BCUT2D eigenvalue weighted by Gasteiger charge is -2.18. The maximum absolute atomic E-state index is 13.2. The summed E-state index contributed by atoms with van der Waals surface area (Å²) in [5.74, 6) is -0.401. The van der Waals surface area contributed by atoms with E-state index in [1.807, 2.05) is 6.07 Å². The average molecular weight is 268 g/mol. The van der Waals surface area contributed by atoms with Crippen molar-refractivity contribution in [1.29, 1.82) is 0 Å². The molecule has 96 valence electrons. The van der Waals surface area contributed by atoms with Crippen molar-refractivity contribution < 1.29 is 8.81 Å². The third-order valence-electron chi connectivity index (χ3n) is 2.75. The van der Waals surface area contributed by atoms with Crippen LogP contribution < -0.4 is 5.32 Å². The first-order valence-corrected chi connectivity index (χ1v) is 6.30. The molecule has 18 heavy (non-hydrogen) atoms. The second kappa shape index (κ2) is 6.03. The lowest BCUT2D eigenvalue weighted by molar-refractivity contribution is 0.547. The molecule has 0 aliphatic heterocycles. The van der Waals surface area contributed by atoms with E-state index >= 15 is 0 Å². The molecule has 0 radical (unpaired) electrons. The summed E-state index contributed by atoms with van der Waals surface area (Å²) in [5, 5.41) is 3.53. The molecule has 1 aromatic carbocycles. The number of hydrogen-bond donors (Lipinski definition) is 1. The first-order chi connectivity index (χ1) is 8.72. The second-order valence-electron chi connectivity index (χ2n) is 4.12. The first kappa shape index (κ1) is 13.1. The van der Waals surface area contributed by atoms with E-state index in [4.69, 9.17) is 16.0 Å². The van der Waals surface area contributed by atoms with Crippen LogP contribution in [0.3, 0.4) is 0 Å². The molecule has 2 rings (SSSR count). The second-order valence-corrected chi connectivity index (χ2v) is 4.52. The van der Waals surface area contributed by atoms with E-state index in [-0.39, 0.29) is 11.1 Å². The summed E-state index contributed by atoms with van der Waals surface area (Å²) in [6, 6.07) is 6.64. The van der Waals surface area contributed by atoms with Crippen molar-refractivity contribution in [3.05, 3.63) is 58.8 Å². The Hall–Kier alpha value is -1.32. The number of halogens is 2. The number of rotatable bonds is 5. The van der Waals surface area contributed by atoms with Crippen LogP contribution in [0.25, 0.3) is 0 Å². The predicted molar refractivity (Wildman–Crippen MR) is 70.3 cm³/mol. The molecule has 1 unspecified atom stereocenters. The summed E-state index contributed by atoms with van der Waals surface area (Å²) in [6.45, 7) is 2.96. The first-order valence-electron chi connectivity index (χ1n) is 5.92. The van der Waals surface area contributed by atoms with Crippen molar-refractivity contribution in [2.24, 2.45) is 0 Å². The third-order valence-corrected chi connectivity index (χ3v) is 3.04. The molecule has 1 N–H and O–H groups in total. The van der Waals surface area contributed by atoms with E-state index in [0.29, 0.717) is 0 Å². The van der Waals surface area contributed by atoms with Crippen molar-refractivity contribution in [3.63, 3.8) is 0 Å². The predicted octanol–water partition coefficient (Wildman–Crippen LogP) is 4.16. The van der Waals surface area contributed by atoms with Crippen LogP contribution in [-0.4, -0.2) is 6.54 Å². The SMILES string of the molecule is CCCNC(c1ccoc1)c1ccc(F)c(Cl)c1. The fourth-order valence-electron chi connectivity index (χ4n) is 1.85. The van der Waals surface area contributed by atoms with Crippen molar-refractivity contribution in [3.8, 4) is 0 Å². The van der Waals surface area contributed by atoms with E-state index in [0.717, 1.165) is 24.1 Å². The highest BCUT2D eigenvalue weighted by Gasteiger charge is 2.15. The van der Waals surface area contributed by atoms with Gasteiger partial charge in [-0.1, -0.05) is 24.6 Å². The van der Waals surface area contributed by atoms with Crippen molar-refractivity contribution >= 4 is 11.6 Å². The van der Waals surface area contributed by atoms with E-state index < -0.39 is 5.82 Å². The molecule has 0 saturated heterocycles. The molecule has 2 aromatic rings. The molecule has 0 saturated carbocycles. The molecule has 4 heteroatoms. The molecule has 1 atom stereocenters. The van der Waals surface area contributed by atoms with Crippen LogP contribution in [0.4, 0.5) is 4.39 Å². The van der Waals surface area contributed by atoms with Crippen molar-refractivity contribution in [2.75, 3.05) is 6.54 Å². The summed E-state index contributed by atoms with van der Waals surface area (Å²) < 4.78 is 18.3. The Morgan fingerprint density at radius 1 is 1.33 bits per heavy atom. The van der Waals surface area contributed by atoms with Gasteiger partial charge in [0.1, 0.15) is 5.82 Å². The summed E-state index contributed by atoms with van der Waals surface area (Å²) in [4.78, 5) is 0. The van der Waals surface area contributed by atoms with Crippen molar-refractivity contribution in [2.45, 2.75) is 19.4 Å². The van der Waals surface area contributed by atoms with Gasteiger partial charge in [0.15, 0.2) is 0 Å². The molecule has 0 aliphatic rings. The highest BCUT2D eigenvalue weighted by molar-refractivity contribution is 6.30. The maximum Gasteiger partial charge on any atom is 0.141 e. The molecule has 1 heterocycles. The minimum Gasteiger partial charge on any atom is -0.472 e. The van der Waals surface area contributed by atoms with Gasteiger partial charge in [0.05, 0.1) is 23.6 Å². The van der Waals surface area contributed by atoms with Gasteiger partial charge < -0.3 is 9.73 Å². The van der Waals surface area contributed by atoms with Crippen LogP contribution in [0, 0.1) is 5.82 Å². The maximum atomic E-state index is 13.2. The molecule has 1 aromatic heterocycles. The zero-order valence-electron chi connectivity index (χ0n) is 10.1. The fourth-order valence-corrected chi connectivity index (χ4v) is 2.04.